The van der Waals surface area contributed by atoms with Gasteiger partial charge in [0.2, 0.25) is 0 Å². The first-order chi connectivity index (χ1) is 7.85. The third-order valence-electron chi connectivity index (χ3n) is 2.16. The van der Waals surface area contributed by atoms with Crippen molar-refractivity contribution in [1.82, 2.24) is 0 Å². The van der Waals surface area contributed by atoms with Crippen LogP contribution in [0.2, 0.25) is 0 Å². The predicted molar refractivity (Wildman–Crippen MR) is 70.5 cm³/mol. The first kappa shape index (κ1) is 11.1. The Balaban J connectivity index is 2.38. The van der Waals surface area contributed by atoms with Crippen LogP contribution in [-0.4, -0.2) is 6.26 Å². The Hall–Kier alpha value is -1.44. The molecule has 0 atom stereocenters. The zero-order chi connectivity index (χ0) is 11.4. The van der Waals surface area contributed by atoms with E-state index in [-0.39, 0.29) is 0 Å². The van der Waals surface area contributed by atoms with E-state index in [4.69, 9.17) is 5.26 Å². The van der Waals surface area contributed by atoms with Gasteiger partial charge in [-0.05, 0) is 29.8 Å². The standard InChI is InChI=1S/C12H10N2S2/c1-15-12-4-2-3-11(10(12)7-13)14-9-5-6-16-8-9/h2-6,8,14H,1H3. The molecule has 0 unspecified atom stereocenters. The summed E-state index contributed by atoms with van der Waals surface area (Å²) in [5.41, 5.74) is 2.61. The number of nitrogens with one attached hydrogen (secondary N) is 1. The third-order valence-corrected chi connectivity index (χ3v) is 3.62. The van der Waals surface area contributed by atoms with E-state index in [0.717, 1.165) is 16.3 Å². The van der Waals surface area contributed by atoms with Crippen molar-refractivity contribution >= 4 is 34.5 Å². The fourth-order valence-electron chi connectivity index (χ4n) is 1.41. The second-order valence-corrected chi connectivity index (χ2v) is 4.76. The lowest BCUT2D eigenvalue weighted by Gasteiger charge is -2.08. The van der Waals surface area contributed by atoms with Crippen molar-refractivity contribution in [3.8, 4) is 6.07 Å². The van der Waals surface area contributed by atoms with Gasteiger partial charge in [0.25, 0.3) is 0 Å². The van der Waals surface area contributed by atoms with E-state index in [2.05, 4.69) is 11.4 Å². The molecule has 0 bridgehead atoms. The van der Waals surface area contributed by atoms with Gasteiger partial charge in [-0.3, -0.25) is 0 Å². The molecule has 1 N–H and O–H groups in total. The number of nitrogens with zero attached hydrogens (tertiary/aromatic N) is 1. The highest BCUT2D eigenvalue weighted by Crippen LogP contribution is 2.29. The van der Waals surface area contributed by atoms with Gasteiger partial charge in [0.15, 0.2) is 0 Å². The Bertz CT molecular complexity index is 512. The summed E-state index contributed by atoms with van der Waals surface area (Å²) >= 11 is 3.22. The first-order valence-corrected chi connectivity index (χ1v) is 6.88. The van der Waals surface area contributed by atoms with Crippen LogP contribution < -0.4 is 5.32 Å². The quantitative estimate of drug-likeness (QED) is 0.829. The minimum absolute atomic E-state index is 0.709. The van der Waals surface area contributed by atoms with Gasteiger partial charge in [0.1, 0.15) is 6.07 Å². The van der Waals surface area contributed by atoms with Gasteiger partial charge in [-0.1, -0.05) is 6.07 Å². The number of hydrogen-bond donors (Lipinski definition) is 1. The zero-order valence-corrected chi connectivity index (χ0v) is 10.4. The second-order valence-electron chi connectivity index (χ2n) is 3.13. The minimum Gasteiger partial charge on any atom is -0.354 e. The Morgan fingerprint density at radius 2 is 2.25 bits per heavy atom. The van der Waals surface area contributed by atoms with E-state index in [1.165, 1.54) is 0 Å². The van der Waals surface area contributed by atoms with Crippen molar-refractivity contribution < 1.29 is 0 Å². The summed E-state index contributed by atoms with van der Waals surface area (Å²) < 4.78 is 0. The minimum atomic E-state index is 0.709. The van der Waals surface area contributed by atoms with Crippen LogP contribution in [0.5, 0.6) is 0 Å². The fourth-order valence-corrected chi connectivity index (χ4v) is 2.57. The summed E-state index contributed by atoms with van der Waals surface area (Å²) in [6.45, 7) is 0. The maximum Gasteiger partial charge on any atom is 0.103 e. The van der Waals surface area contributed by atoms with Crippen molar-refractivity contribution in [3.05, 3.63) is 40.6 Å². The average Bonchev–Trinajstić information content (AvgIpc) is 2.81. The van der Waals surface area contributed by atoms with E-state index < -0.39 is 0 Å². The molecule has 2 aromatic rings. The van der Waals surface area contributed by atoms with E-state index in [1.54, 1.807) is 23.1 Å². The van der Waals surface area contributed by atoms with E-state index >= 15 is 0 Å². The van der Waals surface area contributed by atoms with Crippen LogP contribution in [0.1, 0.15) is 5.56 Å². The van der Waals surface area contributed by atoms with E-state index in [1.807, 2.05) is 41.3 Å². The third kappa shape index (κ3) is 2.21. The van der Waals surface area contributed by atoms with Crippen molar-refractivity contribution in [3.63, 3.8) is 0 Å². The highest BCUT2D eigenvalue weighted by molar-refractivity contribution is 7.98. The lowest BCUT2D eigenvalue weighted by Crippen LogP contribution is -1.93. The molecule has 16 heavy (non-hydrogen) atoms. The molecule has 1 aromatic carbocycles. The normalized spacial score (nSPS) is 9.75. The van der Waals surface area contributed by atoms with Gasteiger partial charge in [-0.2, -0.15) is 16.6 Å². The van der Waals surface area contributed by atoms with Crippen LogP contribution in [0.25, 0.3) is 0 Å². The molecule has 1 heterocycles. The van der Waals surface area contributed by atoms with Crippen molar-refractivity contribution in [2.24, 2.45) is 0 Å². The van der Waals surface area contributed by atoms with Crippen LogP contribution >= 0.6 is 23.1 Å². The molecule has 1 aromatic heterocycles. The van der Waals surface area contributed by atoms with Gasteiger partial charge in [-0.15, -0.1) is 11.8 Å². The number of hydrogen-bond acceptors (Lipinski definition) is 4. The van der Waals surface area contributed by atoms with Gasteiger partial charge in [0.05, 0.1) is 11.3 Å². The molecule has 0 aliphatic carbocycles. The number of anilines is 2. The molecule has 0 spiro atoms. The number of benzene rings is 1. The van der Waals surface area contributed by atoms with Crippen LogP contribution in [-0.2, 0) is 0 Å². The molecule has 4 heteroatoms. The van der Waals surface area contributed by atoms with Gasteiger partial charge < -0.3 is 5.32 Å². The van der Waals surface area contributed by atoms with E-state index in [0.29, 0.717) is 5.56 Å². The molecular weight excluding hydrogens is 236 g/mol. The second kappa shape index (κ2) is 5.06. The summed E-state index contributed by atoms with van der Waals surface area (Å²) in [7, 11) is 0. The Morgan fingerprint density at radius 1 is 1.38 bits per heavy atom. The van der Waals surface area contributed by atoms with Crippen LogP contribution in [0, 0.1) is 11.3 Å². The molecule has 0 fully saturated rings. The smallest absolute Gasteiger partial charge is 0.103 e. The fraction of sp³-hybridized carbons (Fsp3) is 0.0833. The predicted octanol–water partition coefficient (Wildman–Crippen LogP) is 4.09. The molecule has 2 nitrogen and oxygen atoms in total. The molecular formula is C12H10N2S2. The van der Waals surface area contributed by atoms with Crippen molar-refractivity contribution in [1.29, 1.82) is 5.26 Å². The Morgan fingerprint density at radius 3 is 2.88 bits per heavy atom. The van der Waals surface area contributed by atoms with Crippen molar-refractivity contribution in [2.45, 2.75) is 4.90 Å². The lowest BCUT2D eigenvalue weighted by atomic mass is 10.2. The maximum absolute atomic E-state index is 9.16. The molecule has 0 aliphatic heterocycles. The van der Waals surface area contributed by atoms with Crippen LogP contribution in [0.15, 0.2) is 39.9 Å². The number of nitriles is 1. The maximum atomic E-state index is 9.16. The van der Waals surface area contributed by atoms with Gasteiger partial charge >= 0.3 is 0 Å². The number of rotatable bonds is 3. The molecule has 0 aliphatic rings. The number of thioether (sulfide) groups is 1. The lowest BCUT2D eigenvalue weighted by molar-refractivity contribution is 1.36. The van der Waals surface area contributed by atoms with Crippen LogP contribution in [0.4, 0.5) is 11.4 Å². The summed E-state index contributed by atoms with van der Waals surface area (Å²) in [5, 5.41) is 16.4. The van der Waals surface area contributed by atoms with Gasteiger partial charge in [-0.25, -0.2) is 0 Å². The summed E-state index contributed by atoms with van der Waals surface area (Å²) in [5.74, 6) is 0. The molecule has 0 saturated heterocycles. The average molecular weight is 246 g/mol. The van der Waals surface area contributed by atoms with Gasteiger partial charge in [0, 0.05) is 16.0 Å². The molecule has 2 rings (SSSR count). The largest absolute Gasteiger partial charge is 0.354 e. The Kier molecular flexibility index (Phi) is 3.50. The monoisotopic (exact) mass is 246 g/mol. The molecule has 0 amide bonds. The molecule has 80 valence electrons. The molecule has 0 saturated carbocycles. The molecule has 0 radical (unpaired) electrons. The number of thiophene rings is 1. The summed E-state index contributed by atoms with van der Waals surface area (Å²) in [4.78, 5) is 1.00. The Labute approximate surface area is 103 Å². The highest BCUT2D eigenvalue weighted by atomic mass is 32.2. The zero-order valence-electron chi connectivity index (χ0n) is 8.73. The topological polar surface area (TPSA) is 35.8 Å². The van der Waals surface area contributed by atoms with Crippen LogP contribution in [0.3, 0.4) is 0 Å². The summed E-state index contributed by atoms with van der Waals surface area (Å²) in [6, 6.07) is 10.1. The van der Waals surface area contributed by atoms with Crippen molar-refractivity contribution in [2.75, 3.05) is 11.6 Å². The van der Waals surface area contributed by atoms with E-state index in [9.17, 15) is 0 Å². The highest BCUT2D eigenvalue weighted by Gasteiger charge is 2.07. The SMILES string of the molecule is CSc1cccc(Nc2ccsc2)c1C#N. The summed E-state index contributed by atoms with van der Waals surface area (Å²) in [6.07, 6.45) is 1.98. The first-order valence-electron chi connectivity index (χ1n) is 4.71.